The third-order valence-electron chi connectivity index (χ3n) is 2.65. The minimum Gasteiger partial charge on any atom is -0.385 e. The molecule has 1 rings (SSSR count). The number of aryl methyl sites for hydroxylation is 1. The van der Waals surface area contributed by atoms with Crippen LogP contribution in [-0.4, -0.2) is 20.3 Å². The second-order valence-electron chi connectivity index (χ2n) is 4.22. The standard InChI is InChI=1S/C14H23NO.ClH/c1-13-6-8-14(9-7-13)12-15-10-4-3-5-11-16-2;/h6-9,15H,3-5,10-12H2,1-2H3;1H. The molecule has 0 spiro atoms. The topological polar surface area (TPSA) is 21.3 Å². The van der Waals surface area contributed by atoms with E-state index in [-0.39, 0.29) is 12.4 Å². The van der Waals surface area contributed by atoms with Gasteiger partial charge in [-0.3, -0.25) is 0 Å². The predicted octanol–water partition coefficient (Wildman–Crippen LogP) is 3.32. The monoisotopic (exact) mass is 257 g/mol. The molecule has 0 amide bonds. The molecule has 0 atom stereocenters. The third-order valence-corrected chi connectivity index (χ3v) is 2.65. The van der Waals surface area contributed by atoms with Gasteiger partial charge in [0.1, 0.15) is 0 Å². The molecule has 0 unspecified atom stereocenters. The zero-order valence-electron chi connectivity index (χ0n) is 10.9. The molecule has 0 bridgehead atoms. The molecule has 0 aromatic heterocycles. The number of rotatable bonds is 8. The van der Waals surface area contributed by atoms with Gasteiger partial charge in [0.25, 0.3) is 0 Å². The Morgan fingerprint density at radius 2 is 1.76 bits per heavy atom. The quantitative estimate of drug-likeness (QED) is 0.722. The normalized spacial score (nSPS) is 10.0. The van der Waals surface area contributed by atoms with Crippen molar-refractivity contribution in [3.8, 4) is 0 Å². The average Bonchev–Trinajstić information content (AvgIpc) is 2.30. The first-order valence-electron chi connectivity index (χ1n) is 6.08. The van der Waals surface area contributed by atoms with Crippen LogP contribution < -0.4 is 5.32 Å². The van der Waals surface area contributed by atoms with E-state index >= 15 is 0 Å². The second-order valence-corrected chi connectivity index (χ2v) is 4.22. The van der Waals surface area contributed by atoms with Crippen LogP contribution in [0.3, 0.4) is 0 Å². The number of ether oxygens (including phenoxy) is 1. The van der Waals surface area contributed by atoms with Crippen molar-refractivity contribution in [3.63, 3.8) is 0 Å². The number of unbranched alkanes of at least 4 members (excludes halogenated alkanes) is 2. The molecule has 2 nitrogen and oxygen atoms in total. The lowest BCUT2D eigenvalue weighted by atomic mass is 10.1. The highest BCUT2D eigenvalue weighted by Gasteiger charge is 1.92. The van der Waals surface area contributed by atoms with Gasteiger partial charge >= 0.3 is 0 Å². The molecule has 0 aliphatic rings. The summed E-state index contributed by atoms with van der Waals surface area (Å²) in [5, 5.41) is 3.46. The summed E-state index contributed by atoms with van der Waals surface area (Å²) >= 11 is 0. The van der Waals surface area contributed by atoms with Crippen molar-refractivity contribution in [2.24, 2.45) is 0 Å². The average molecular weight is 258 g/mol. The molecule has 3 heteroatoms. The Morgan fingerprint density at radius 3 is 2.41 bits per heavy atom. The first-order chi connectivity index (χ1) is 7.83. The molecule has 0 aliphatic heterocycles. The van der Waals surface area contributed by atoms with Crippen LogP contribution in [0.4, 0.5) is 0 Å². The Hall–Kier alpha value is -0.570. The van der Waals surface area contributed by atoms with Crippen LogP contribution in [0.25, 0.3) is 0 Å². The SMILES string of the molecule is COCCCCCNCc1ccc(C)cc1.Cl. The zero-order chi connectivity index (χ0) is 11.6. The van der Waals surface area contributed by atoms with Gasteiger partial charge in [0.05, 0.1) is 0 Å². The summed E-state index contributed by atoms with van der Waals surface area (Å²) in [6, 6.07) is 8.70. The number of methoxy groups -OCH3 is 1. The lowest BCUT2D eigenvalue weighted by Crippen LogP contribution is -2.14. The van der Waals surface area contributed by atoms with Crippen molar-refractivity contribution in [2.45, 2.75) is 32.7 Å². The summed E-state index contributed by atoms with van der Waals surface area (Å²) in [5.41, 5.74) is 2.69. The molecule has 0 saturated carbocycles. The van der Waals surface area contributed by atoms with Gasteiger partial charge in [-0.25, -0.2) is 0 Å². The van der Waals surface area contributed by atoms with Gasteiger partial charge in [-0.15, -0.1) is 12.4 Å². The maximum Gasteiger partial charge on any atom is 0.0462 e. The predicted molar refractivity (Wildman–Crippen MR) is 75.9 cm³/mol. The van der Waals surface area contributed by atoms with Crippen LogP contribution in [0.2, 0.25) is 0 Å². The lowest BCUT2D eigenvalue weighted by molar-refractivity contribution is 0.192. The smallest absolute Gasteiger partial charge is 0.0462 e. The van der Waals surface area contributed by atoms with E-state index in [1.54, 1.807) is 7.11 Å². The minimum atomic E-state index is 0. The fraction of sp³-hybridized carbons (Fsp3) is 0.571. The van der Waals surface area contributed by atoms with E-state index < -0.39 is 0 Å². The Labute approximate surface area is 111 Å². The van der Waals surface area contributed by atoms with Gasteiger partial charge in [0, 0.05) is 20.3 Å². The summed E-state index contributed by atoms with van der Waals surface area (Å²) in [4.78, 5) is 0. The van der Waals surface area contributed by atoms with E-state index in [0.29, 0.717) is 0 Å². The maximum absolute atomic E-state index is 5.01. The molecule has 98 valence electrons. The summed E-state index contributed by atoms with van der Waals surface area (Å²) in [7, 11) is 1.76. The van der Waals surface area contributed by atoms with Crippen LogP contribution in [0.15, 0.2) is 24.3 Å². The van der Waals surface area contributed by atoms with Gasteiger partial charge < -0.3 is 10.1 Å². The van der Waals surface area contributed by atoms with Crippen molar-refractivity contribution >= 4 is 12.4 Å². The van der Waals surface area contributed by atoms with Gasteiger partial charge in [-0.1, -0.05) is 29.8 Å². The molecule has 0 radical (unpaired) electrons. The van der Waals surface area contributed by atoms with E-state index in [9.17, 15) is 0 Å². The summed E-state index contributed by atoms with van der Waals surface area (Å²) in [5.74, 6) is 0. The number of benzene rings is 1. The molecular weight excluding hydrogens is 234 g/mol. The molecule has 1 aromatic rings. The van der Waals surface area contributed by atoms with Crippen molar-refractivity contribution in [2.75, 3.05) is 20.3 Å². The first-order valence-corrected chi connectivity index (χ1v) is 6.08. The Bertz CT molecular complexity index is 274. The number of halogens is 1. The molecule has 0 saturated heterocycles. The second kappa shape index (κ2) is 10.6. The Kier molecular flexibility index (Phi) is 10.2. The molecule has 0 fully saturated rings. The number of hydrogen-bond acceptors (Lipinski definition) is 2. The molecule has 0 aliphatic carbocycles. The van der Waals surface area contributed by atoms with E-state index in [1.165, 1.54) is 30.4 Å². The molecule has 17 heavy (non-hydrogen) atoms. The number of hydrogen-bond donors (Lipinski definition) is 1. The van der Waals surface area contributed by atoms with Gasteiger partial charge in [0.15, 0.2) is 0 Å². The molecular formula is C14H24ClNO. The van der Waals surface area contributed by atoms with Gasteiger partial charge in [-0.2, -0.15) is 0 Å². The van der Waals surface area contributed by atoms with Crippen molar-refractivity contribution in [1.82, 2.24) is 5.32 Å². The molecule has 1 aromatic carbocycles. The van der Waals surface area contributed by atoms with Crippen LogP contribution in [0.5, 0.6) is 0 Å². The highest BCUT2D eigenvalue weighted by atomic mass is 35.5. The summed E-state index contributed by atoms with van der Waals surface area (Å²) in [6.07, 6.45) is 3.65. The van der Waals surface area contributed by atoms with Crippen LogP contribution in [-0.2, 0) is 11.3 Å². The summed E-state index contributed by atoms with van der Waals surface area (Å²) < 4.78 is 5.01. The fourth-order valence-corrected chi connectivity index (χ4v) is 1.61. The van der Waals surface area contributed by atoms with Crippen LogP contribution in [0.1, 0.15) is 30.4 Å². The number of nitrogens with one attached hydrogen (secondary N) is 1. The van der Waals surface area contributed by atoms with Gasteiger partial charge in [0.2, 0.25) is 0 Å². The largest absolute Gasteiger partial charge is 0.385 e. The maximum atomic E-state index is 5.01. The van der Waals surface area contributed by atoms with E-state index in [0.717, 1.165) is 19.7 Å². The molecule has 0 heterocycles. The molecule has 1 N–H and O–H groups in total. The van der Waals surface area contributed by atoms with Crippen molar-refractivity contribution < 1.29 is 4.74 Å². The van der Waals surface area contributed by atoms with E-state index in [1.807, 2.05) is 0 Å². The third kappa shape index (κ3) is 8.19. The van der Waals surface area contributed by atoms with Gasteiger partial charge in [-0.05, 0) is 38.3 Å². The lowest BCUT2D eigenvalue weighted by Gasteiger charge is -2.05. The highest BCUT2D eigenvalue weighted by Crippen LogP contribution is 2.02. The van der Waals surface area contributed by atoms with E-state index in [2.05, 4.69) is 36.5 Å². The van der Waals surface area contributed by atoms with Crippen LogP contribution >= 0.6 is 12.4 Å². The van der Waals surface area contributed by atoms with Crippen LogP contribution in [0, 0.1) is 6.92 Å². The van der Waals surface area contributed by atoms with Crippen molar-refractivity contribution in [1.29, 1.82) is 0 Å². The minimum absolute atomic E-state index is 0. The Morgan fingerprint density at radius 1 is 1.06 bits per heavy atom. The van der Waals surface area contributed by atoms with E-state index in [4.69, 9.17) is 4.74 Å². The Balaban J connectivity index is 0.00000256. The zero-order valence-corrected chi connectivity index (χ0v) is 11.7. The van der Waals surface area contributed by atoms with Crippen molar-refractivity contribution in [3.05, 3.63) is 35.4 Å². The highest BCUT2D eigenvalue weighted by molar-refractivity contribution is 5.85. The first kappa shape index (κ1) is 16.4. The fourth-order valence-electron chi connectivity index (χ4n) is 1.61. The summed E-state index contributed by atoms with van der Waals surface area (Å²) in [6.45, 7) is 5.08.